The fourth-order valence-electron chi connectivity index (χ4n) is 2.03. The van der Waals surface area contributed by atoms with Crippen LogP contribution in [-0.2, 0) is 27.5 Å². The van der Waals surface area contributed by atoms with E-state index in [0.717, 1.165) is 11.8 Å². The fourth-order valence-corrected chi connectivity index (χ4v) is 3.17. The summed E-state index contributed by atoms with van der Waals surface area (Å²) in [7, 11) is -2.69. The highest BCUT2D eigenvalue weighted by Gasteiger charge is 2.37. The summed E-state index contributed by atoms with van der Waals surface area (Å²) in [5, 5.41) is 0. The van der Waals surface area contributed by atoms with E-state index in [1.807, 2.05) is 4.72 Å². The molecule has 5 nitrogen and oxygen atoms in total. The topological polar surface area (TPSA) is 68.3 Å². The van der Waals surface area contributed by atoms with Crippen LogP contribution in [0.25, 0.3) is 0 Å². The number of rotatable bonds is 5. The molecule has 2 aromatic rings. The summed E-state index contributed by atoms with van der Waals surface area (Å²) in [4.78, 5) is 3.10. The van der Waals surface area contributed by atoms with Crippen LogP contribution in [0.4, 0.5) is 18.9 Å². The summed E-state index contributed by atoms with van der Waals surface area (Å²) in [6.45, 7) is 1.67. The second-order valence-electron chi connectivity index (χ2n) is 5.03. The van der Waals surface area contributed by atoms with Gasteiger partial charge < -0.3 is 4.74 Å². The Morgan fingerprint density at radius 1 is 1.17 bits per heavy atom. The second-order valence-corrected chi connectivity index (χ2v) is 6.71. The van der Waals surface area contributed by atoms with Crippen molar-refractivity contribution in [1.82, 2.24) is 4.98 Å². The summed E-state index contributed by atoms with van der Waals surface area (Å²) >= 11 is 0. The van der Waals surface area contributed by atoms with Gasteiger partial charge in [0.15, 0.2) is 5.69 Å². The van der Waals surface area contributed by atoms with E-state index in [1.54, 1.807) is 0 Å². The standard InChI is InChI=1S/C15H15F3N2O3S/c1-10-7-8-19-14(15(16,17)18)13(10)20-24(21,22)12-5-3-11(4-6-12)9-23-2/h3-8,20H,9H2,1-2H3. The van der Waals surface area contributed by atoms with Gasteiger partial charge in [0.2, 0.25) is 0 Å². The van der Waals surface area contributed by atoms with Crippen LogP contribution >= 0.6 is 0 Å². The molecule has 0 aliphatic carbocycles. The van der Waals surface area contributed by atoms with E-state index < -0.39 is 27.6 Å². The first-order chi connectivity index (χ1) is 11.1. The number of sulfonamides is 1. The van der Waals surface area contributed by atoms with Gasteiger partial charge in [-0.1, -0.05) is 12.1 Å². The zero-order valence-electron chi connectivity index (χ0n) is 12.9. The first-order valence-electron chi connectivity index (χ1n) is 6.78. The van der Waals surface area contributed by atoms with Crippen molar-refractivity contribution in [2.24, 2.45) is 0 Å². The number of ether oxygens (including phenoxy) is 1. The maximum atomic E-state index is 13.0. The number of halogens is 3. The number of aromatic nitrogens is 1. The van der Waals surface area contributed by atoms with Crippen molar-refractivity contribution < 1.29 is 26.3 Å². The molecule has 0 atom stereocenters. The van der Waals surface area contributed by atoms with Crippen molar-refractivity contribution in [3.05, 3.63) is 53.3 Å². The lowest BCUT2D eigenvalue weighted by atomic mass is 10.2. The number of hydrogen-bond donors (Lipinski definition) is 1. The molecule has 9 heteroatoms. The van der Waals surface area contributed by atoms with Crippen molar-refractivity contribution in [3.8, 4) is 0 Å². The summed E-state index contributed by atoms with van der Waals surface area (Å²) < 4.78 is 70.7. The number of benzene rings is 1. The minimum absolute atomic E-state index is 0.122. The van der Waals surface area contributed by atoms with Crippen molar-refractivity contribution in [1.29, 1.82) is 0 Å². The number of anilines is 1. The highest BCUT2D eigenvalue weighted by atomic mass is 32.2. The maximum Gasteiger partial charge on any atom is 0.435 e. The maximum absolute atomic E-state index is 13.0. The zero-order chi connectivity index (χ0) is 18.0. The minimum atomic E-state index is -4.77. The molecular weight excluding hydrogens is 345 g/mol. The molecule has 0 aliphatic rings. The average molecular weight is 360 g/mol. The summed E-state index contributed by atoms with van der Waals surface area (Å²) in [5.74, 6) is 0. The molecule has 0 saturated carbocycles. The van der Waals surface area contributed by atoms with Gasteiger partial charge in [0.05, 0.1) is 17.2 Å². The van der Waals surface area contributed by atoms with Gasteiger partial charge in [-0.05, 0) is 36.2 Å². The Labute approximate surface area is 137 Å². The monoisotopic (exact) mass is 360 g/mol. The third-order valence-electron chi connectivity index (χ3n) is 3.21. The third kappa shape index (κ3) is 4.04. The summed E-state index contributed by atoms with van der Waals surface area (Å²) in [6.07, 6.45) is -3.79. The first-order valence-corrected chi connectivity index (χ1v) is 8.27. The van der Waals surface area contributed by atoms with E-state index in [0.29, 0.717) is 6.61 Å². The van der Waals surface area contributed by atoms with E-state index in [1.165, 1.54) is 44.4 Å². The third-order valence-corrected chi connectivity index (χ3v) is 4.57. The molecule has 1 N–H and O–H groups in total. The zero-order valence-corrected chi connectivity index (χ0v) is 13.7. The number of aryl methyl sites for hydroxylation is 1. The SMILES string of the molecule is COCc1ccc(S(=O)(=O)Nc2c(C)ccnc2C(F)(F)F)cc1. The van der Waals surface area contributed by atoms with E-state index in [9.17, 15) is 21.6 Å². The molecule has 2 rings (SSSR count). The molecule has 0 bridgehead atoms. The molecule has 130 valence electrons. The number of nitrogens with one attached hydrogen (secondary N) is 1. The molecular formula is C15H15F3N2O3S. The number of hydrogen-bond acceptors (Lipinski definition) is 4. The van der Waals surface area contributed by atoms with E-state index in [2.05, 4.69) is 4.98 Å². The Kier molecular flexibility index (Phi) is 5.14. The highest BCUT2D eigenvalue weighted by molar-refractivity contribution is 7.92. The smallest absolute Gasteiger partial charge is 0.380 e. The Morgan fingerprint density at radius 3 is 2.33 bits per heavy atom. The van der Waals surface area contributed by atoms with Crippen LogP contribution in [0.15, 0.2) is 41.4 Å². The second kappa shape index (κ2) is 6.78. The van der Waals surface area contributed by atoms with Gasteiger partial charge in [-0.25, -0.2) is 13.4 Å². The molecule has 1 aromatic carbocycles. The van der Waals surface area contributed by atoms with Crippen LogP contribution in [0.5, 0.6) is 0 Å². The van der Waals surface area contributed by atoms with E-state index in [-0.39, 0.29) is 10.5 Å². The van der Waals surface area contributed by atoms with Gasteiger partial charge in [0.25, 0.3) is 10.0 Å². The van der Waals surface area contributed by atoms with Crippen molar-refractivity contribution in [2.75, 3.05) is 11.8 Å². The lowest BCUT2D eigenvalue weighted by Crippen LogP contribution is -2.19. The first kappa shape index (κ1) is 18.2. The molecule has 24 heavy (non-hydrogen) atoms. The fraction of sp³-hybridized carbons (Fsp3) is 0.267. The minimum Gasteiger partial charge on any atom is -0.380 e. The van der Waals surface area contributed by atoms with Crippen LogP contribution in [0.1, 0.15) is 16.8 Å². The lowest BCUT2D eigenvalue weighted by molar-refractivity contribution is -0.140. The molecule has 0 radical (unpaired) electrons. The molecule has 0 fully saturated rings. The normalized spacial score (nSPS) is 12.2. The molecule has 1 heterocycles. The van der Waals surface area contributed by atoms with Crippen LogP contribution in [-0.4, -0.2) is 20.5 Å². The van der Waals surface area contributed by atoms with Crippen LogP contribution in [0.2, 0.25) is 0 Å². The molecule has 0 unspecified atom stereocenters. The Bertz CT molecular complexity index is 819. The predicted octanol–water partition coefficient (Wildman–Crippen LogP) is 3.36. The summed E-state index contributed by atoms with van der Waals surface area (Å²) in [6, 6.07) is 6.96. The predicted molar refractivity (Wildman–Crippen MR) is 81.9 cm³/mol. The highest BCUT2D eigenvalue weighted by Crippen LogP contribution is 2.35. The van der Waals surface area contributed by atoms with Crippen molar-refractivity contribution in [2.45, 2.75) is 24.6 Å². The van der Waals surface area contributed by atoms with Gasteiger partial charge >= 0.3 is 6.18 Å². The Morgan fingerprint density at radius 2 is 1.79 bits per heavy atom. The lowest BCUT2D eigenvalue weighted by Gasteiger charge is -2.16. The largest absolute Gasteiger partial charge is 0.435 e. The number of pyridine rings is 1. The van der Waals surface area contributed by atoms with E-state index >= 15 is 0 Å². The molecule has 0 spiro atoms. The van der Waals surface area contributed by atoms with Crippen LogP contribution in [0.3, 0.4) is 0 Å². The van der Waals surface area contributed by atoms with E-state index in [4.69, 9.17) is 4.74 Å². The summed E-state index contributed by atoms with van der Waals surface area (Å²) in [5.41, 5.74) is -0.991. The average Bonchev–Trinajstić information content (AvgIpc) is 2.49. The van der Waals surface area contributed by atoms with Crippen molar-refractivity contribution >= 4 is 15.7 Å². The molecule has 0 aliphatic heterocycles. The number of methoxy groups -OCH3 is 1. The number of alkyl halides is 3. The van der Waals surface area contributed by atoms with Gasteiger partial charge in [-0.2, -0.15) is 13.2 Å². The van der Waals surface area contributed by atoms with Crippen molar-refractivity contribution in [3.63, 3.8) is 0 Å². The number of nitrogens with zero attached hydrogens (tertiary/aromatic N) is 1. The molecule has 0 saturated heterocycles. The quantitative estimate of drug-likeness (QED) is 0.888. The Hall–Kier alpha value is -2.13. The van der Waals surface area contributed by atoms with Gasteiger partial charge in [-0.3, -0.25) is 4.72 Å². The van der Waals surface area contributed by atoms with Gasteiger partial charge in [0, 0.05) is 13.3 Å². The van der Waals surface area contributed by atoms with Gasteiger partial charge in [-0.15, -0.1) is 0 Å². The van der Waals surface area contributed by atoms with Gasteiger partial charge in [0.1, 0.15) is 0 Å². The Balaban J connectivity index is 2.40. The molecule has 1 aromatic heterocycles. The van der Waals surface area contributed by atoms with Crippen LogP contribution in [0, 0.1) is 6.92 Å². The van der Waals surface area contributed by atoms with Crippen LogP contribution < -0.4 is 4.72 Å². The molecule has 0 amide bonds.